The predicted octanol–water partition coefficient (Wildman–Crippen LogP) is 5.56. The van der Waals surface area contributed by atoms with Crippen LogP contribution in [0.15, 0.2) is 21.1 Å². The van der Waals surface area contributed by atoms with Crippen LogP contribution in [0, 0.1) is 5.92 Å². The van der Waals surface area contributed by atoms with Crippen LogP contribution in [0.5, 0.6) is 0 Å². The molecular weight excluding hydrogens is 382 g/mol. The number of fused-ring (bicyclic) bond motifs is 1. The largest absolute Gasteiger partial charge is 0.183 e. The number of aromatic nitrogens is 3. The van der Waals surface area contributed by atoms with E-state index in [1.807, 2.05) is 16.9 Å². The van der Waals surface area contributed by atoms with Gasteiger partial charge in [-0.25, -0.2) is 0 Å². The van der Waals surface area contributed by atoms with Crippen molar-refractivity contribution < 1.29 is 0 Å². The van der Waals surface area contributed by atoms with Crippen molar-refractivity contribution in [3.63, 3.8) is 0 Å². The highest BCUT2D eigenvalue weighted by Gasteiger charge is 2.11. The highest BCUT2D eigenvalue weighted by atomic mass is 79.9. The van der Waals surface area contributed by atoms with E-state index in [-0.39, 0.29) is 0 Å². The minimum atomic E-state index is 0.617. The SMILES string of the molecule is CCCCCCC(C)Cn1nc2c(Br)ccc(Br)c2n1. The summed E-state index contributed by atoms with van der Waals surface area (Å²) in [5.74, 6) is 0.617. The van der Waals surface area contributed by atoms with E-state index in [0.29, 0.717) is 5.92 Å². The Hall–Kier alpha value is -0.420. The summed E-state index contributed by atoms with van der Waals surface area (Å²) in [6.07, 6.45) is 6.54. The third-order valence-electron chi connectivity index (χ3n) is 3.51. The van der Waals surface area contributed by atoms with Gasteiger partial charge >= 0.3 is 0 Å². The van der Waals surface area contributed by atoms with Crippen molar-refractivity contribution in [2.75, 3.05) is 0 Å². The van der Waals surface area contributed by atoms with Crippen LogP contribution in [0.1, 0.15) is 46.0 Å². The van der Waals surface area contributed by atoms with Gasteiger partial charge in [-0.15, -0.1) is 0 Å². The summed E-state index contributed by atoms with van der Waals surface area (Å²) < 4.78 is 2.00. The Balaban J connectivity index is 1.99. The molecule has 0 saturated heterocycles. The fourth-order valence-electron chi connectivity index (χ4n) is 2.35. The van der Waals surface area contributed by atoms with Crippen molar-refractivity contribution in [1.29, 1.82) is 0 Å². The lowest BCUT2D eigenvalue weighted by molar-refractivity contribution is 0.381. The molecule has 2 aromatic rings. The van der Waals surface area contributed by atoms with Gasteiger partial charge in [-0.3, -0.25) is 0 Å². The van der Waals surface area contributed by atoms with Gasteiger partial charge in [0.2, 0.25) is 0 Å². The fraction of sp³-hybridized carbons (Fsp3) is 0.600. The number of hydrogen-bond donors (Lipinski definition) is 0. The smallest absolute Gasteiger partial charge is 0.128 e. The lowest BCUT2D eigenvalue weighted by Gasteiger charge is -2.09. The fourth-order valence-corrected chi connectivity index (χ4v) is 3.14. The number of hydrogen-bond acceptors (Lipinski definition) is 2. The van der Waals surface area contributed by atoms with Crippen molar-refractivity contribution in [2.24, 2.45) is 5.92 Å². The molecule has 0 aliphatic carbocycles. The summed E-state index contributed by atoms with van der Waals surface area (Å²) >= 11 is 7.07. The minimum Gasteiger partial charge on any atom is -0.183 e. The minimum absolute atomic E-state index is 0.617. The Morgan fingerprint density at radius 2 is 1.65 bits per heavy atom. The van der Waals surface area contributed by atoms with E-state index in [1.165, 1.54) is 32.1 Å². The van der Waals surface area contributed by atoms with Crippen LogP contribution in [-0.2, 0) is 6.54 Å². The van der Waals surface area contributed by atoms with E-state index in [4.69, 9.17) is 0 Å². The average molecular weight is 403 g/mol. The van der Waals surface area contributed by atoms with Crippen molar-refractivity contribution in [3.8, 4) is 0 Å². The van der Waals surface area contributed by atoms with Gasteiger partial charge in [0.15, 0.2) is 0 Å². The first-order chi connectivity index (χ1) is 9.61. The van der Waals surface area contributed by atoms with Crippen LogP contribution in [0.3, 0.4) is 0 Å². The normalized spacial score (nSPS) is 13.0. The molecule has 0 amide bonds. The van der Waals surface area contributed by atoms with E-state index >= 15 is 0 Å². The van der Waals surface area contributed by atoms with Gasteiger partial charge in [-0.1, -0.05) is 39.5 Å². The summed E-state index contributed by atoms with van der Waals surface area (Å²) in [5.41, 5.74) is 1.86. The molecule has 0 aliphatic rings. The third kappa shape index (κ3) is 4.04. The molecule has 0 radical (unpaired) electrons. The molecule has 2 rings (SSSR count). The summed E-state index contributed by atoms with van der Waals surface area (Å²) in [6.45, 7) is 5.42. The highest BCUT2D eigenvalue weighted by molar-refractivity contribution is 9.11. The number of nitrogens with zero attached hydrogens (tertiary/aromatic N) is 3. The molecule has 0 fully saturated rings. The highest BCUT2D eigenvalue weighted by Crippen LogP contribution is 2.27. The van der Waals surface area contributed by atoms with Crippen molar-refractivity contribution in [3.05, 3.63) is 21.1 Å². The van der Waals surface area contributed by atoms with Gasteiger partial charge in [-0.05, 0) is 56.3 Å². The standard InChI is InChI=1S/C15H21Br2N3/c1-3-4-5-6-7-11(2)10-20-18-14-12(16)8-9-13(17)15(14)19-20/h8-9,11H,3-7,10H2,1-2H3. The summed E-state index contributed by atoms with van der Waals surface area (Å²) in [5, 5.41) is 9.17. The number of halogens is 2. The molecule has 0 N–H and O–H groups in total. The predicted molar refractivity (Wildman–Crippen MR) is 90.9 cm³/mol. The lowest BCUT2D eigenvalue weighted by Crippen LogP contribution is -2.10. The van der Waals surface area contributed by atoms with Crippen molar-refractivity contribution in [2.45, 2.75) is 52.5 Å². The van der Waals surface area contributed by atoms with Crippen LogP contribution in [-0.4, -0.2) is 15.0 Å². The molecule has 0 saturated carbocycles. The zero-order valence-corrected chi connectivity index (χ0v) is 15.2. The van der Waals surface area contributed by atoms with Crippen LogP contribution in [0.25, 0.3) is 11.0 Å². The maximum Gasteiger partial charge on any atom is 0.128 e. The Labute approximate surface area is 137 Å². The molecule has 1 heterocycles. The van der Waals surface area contributed by atoms with Crippen LogP contribution >= 0.6 is 31.9 Å². The third-order valence-corrected chi connectivity index (χ3v) is 4.79. The molecule has 0 spiro atoms. The van der Waals surface area contributed by atoms with E-state index in [9.17, 15) is 0 Å². The average Bonchev–Trinajstić information content (AvgIpc) is 2.84. The quantitative estimate of drug-likeness (QED) is 0.567. The molecule has 1 aromatic carbocycles. The summed E-state index contributed by atoms with van der Waals surface area (Å²) in [4.78, 5) is 1.84. The Morgan fingerprint density at radius 1 is 1.05 bits per heavy atom. The Kier molecular flexibility index (Phi) is 6.02. The molecule has 110 valence electrons. The zero-order chi connectivity index (χ0) is 14.5. The molecule has 20 heavy (non-hydrogen) atoms. The van der Waals surface area contributed by atoms with Crippen LogP contribution in [0.2, 0.25) is 0 Å². The number of benzene rings is 1. The van der Waals surface area contributed by atoms with E-state index in [0.717, 1.165) is 26.5 Å². The second-order valence-electron chi connectivity index (χ2n) is 5.44. The first-order valence-electron chi connectivity index (χ1n) is 7.30. The zero-order valence-electron chi connectivity index (χ0n) is 12.1. The van der Waals surface area contributed by atoms with Crippen LogP contribution in [0.4, 0.5) is 0 Å². The van der Waals surface area contributed by atoms with Gasteiger partial charge < -0.3 is 0 Å². The van der Waals surface area contributed by atoms with Crippen molar-refractivity contribution >= 4 is 42.9 Å². The topological polar surface area (TPSA) is 30.7 Å². The maximum absolute atomic E-state index is 4.59. The van der Waals surface area contributed by atoms with Gasteiger partial charge in [0.25, 0.3) is 0 Å². The molecule has 1 unspecified atom stereocenters. The second kappa shape index (κ2) is 7.55. The molecule has 3 nitrogen and oxygen atoms in total. The van der Waals surface area contributed by atoms with Crippen LogP contribution < -0.4 is 0 Å². The number of unbranched alkanes of at least 4 members (excludes halogenated alkanes) is 3. The molecule has 0 aliphatic heterocycles. The monoisotopic (exact) mass is 401 g/mol. The Morgan fingerprint density at radius 3 is 2.20 bits per heavy atom. The molecular formula is C15H21Br2N3. The number of rotatable bonds is 7. The molecule has 5 heteroatoms. The summed E-state index contributed by atoms with van der Waals surface area (Å²) in [7, 11) is 0. The van der Waals surface area contributed by atoms with Gasteiger partial charge in [0.1, 0.15) is 11.0 Å². The first kappa shape index (κ1) is 16.0. The van der Waals surface area contributed by atoms with E-state index in [2.05, 4.69) is 55.9 Å². The second-order valence-corrected chi connectivity index (χ2v) is 7.14. The molecule has 0 bridgehead atoms. The van der Waals surface area contributed by atoms with Gasteiger partial charge in [-0.2, -0.15) is 15.0 Å². The first-order valence-corrected chi connectivity index (χ1v) is 8.89. The van der Waals surface area contributed by atoms with E-state index < -0.39 is 0 Å². The Bertz CT molecular complexity index is 526. The van der Waals surface area contributed by atoms with Crippen molar-refractivity contribution in [1.82, 2.24) is 15.0 Å². The molecule has 1 atom stereocenters. The maximum atomic E-state index is 4.59. The van der Waals surface area contributed by atoms with Gasteiger partial charge in [0.05, 0.1) is 6.54 Å². The van der Waals surface area contributed by atoms with Gasteiger partial charge in [0, 0.05) is 8.95 Å². The van der Waals surface area contributed by atoms with E-state index in [1.54, 1.807) is 0 Å². The molecule has 1 aromatic heterocycles. The lowest BCUT2D eigenvalue weighted by atomic mass is 10.0. The summed E-state index contributed by atoms with van der Waals surface area (Å²) in [6, 6.07) is 4.00.